The molecule has 0 aliphatic carbocycles. The molecule has 0 saturated carbocycles. The van der Waals surface area contributed by atoms with Crippen molar-refractivity contribution in [3.05, 3.63) is 30.3 Å². The number of hydrogen-bond acceptors (Lipinski definition) is 2. The van der Waals surface area contributed by atoms with Crippen molar-refractivity contribution in [3.63, 3.8) is 0 Å². The summed E-state index contributed by atoms with van der Waals surface area (Å²) in [7, 11) is 0. The number of hydrogen-bond donors (Lipinski definition) is 1. The third kappa shape index (κ3) is 3.33. The summed E-state index contributed by atoms with van der Waals surface area (Å²) in [6, 6.07) is 9.93. The van der Waals surface area contributed by atoms with Gasteiger partial charge in [-0.25, -0.2) is 0 Å². The summed E-state index contributed by atoms with van der Waals surface area (Å²) >= 11 is 0. The summed E-state index contributed by atoms with van der Waals surface area (Å²) < 4.78 is 0. The highest BCUT2D eigenvalue weighted by molar-refractivity contribution is 5.93. The number of carbonyl (C=O) groups is 1. The van der Waals surface area contributed by atoms with Crippen LogP contribution in [0.25, 0.3) is 0 Å². The Hall–Kier alpha value is -1.35. The van der Waals surface area contributed by atoms with E-state index in [9.17, 15) is 4.79 Å². The van der Waals surface area contributed by atoms with E-state index in [1.807, 2.05) is 42.2 Å². The van der Waals surface area contributed by atoms with Gasteiger partial charge in [0, 0.05) is 18.7 Å². The van der Waals surface area contributed by atoms with Crippen molar-refractivity contribution in [2.45, 2.75) is 26.2 Å². The van der Waals surface area contributed by atoms with E-state index in [2.05, 4.69) is 5.32 Å². The van der Waals surface area contributed by atoms with Crippen LogP contribution in [0.2, 0.25) is 0 Å². The van der Waals surface area contributed by atoms with Crippen LogP contribution in [-0.4, -0.2) is 25.5 Å². The zero-order valence-electron chi connectivity index (χ0n) is 11.1. The maximum Gasteiger partial charge on any atom is 0.226 e. The van der Waals surface area contributed by atoms with E-state index in [-0.39, 0.29) is 5.91 Å². The van der Waals surface area contributed by atoms with Crippen LogP contribution in [-0.2, 0) is 4.79 Å². The monoisotopic (exact) mass is 246 g/mol. The molecule has 1 unspecified atom stereocenters. The van der Waals surface area contributed by atoms with Gasteiger partial charge in [0.25, 0.3) is 0 Å². The van der Waals surface area contributed by atoms with Gasteiger partial charge in [-0.05, 0) is 50.9 Å². The lowest BCUT2D eigenvalue weighted by molar-refractivity contribution is -0.118. The molecule has 3 nitrogen and oxygen atoms in total. The van der Waals surface area contributed by atoms with Gasteiger partial charge in [-0.15, -0.1) is 0 Å². The molecule has 2 rings (SSSR count). The fraction of sp³-hybridized carbons (Fsp3) is 0.533. The van der Waals surface area contributed by atoms with E-state index in [0.717, 1.165) is 31.7 Å². The largest absolute Gasteiger partial charge is 0.316 e. The van der Waals surface area contributed by atoms with Crippen LogP contribution in [0.15, 0.2) is 30.3 Å². The zero-order valence-corrected chi connectivity index (χ0v) is 11.1. The Morgan fingerprint density at radius 2 is 2.17 bits per heavy atom. The minimum atomic E-state index is 0.246. The Morgan fingerprint density at radius 1 is 1.39 bits per heavy atom. The van der Waals surface area contributed by atoms with Crippen molar-refractivity contribution in [2.75, 3.05) is 24.5 Å². The standard InChI is InChI=1S/C15H22N2O/c1-2-17(14-6-4-3-5-7-14)15(18)9-8-13-10-11-16-12-13/h3-7,13,16H,2,8-12H2,1H3. The van der Waals surface area contributed by atoms with Gasteiger partial charge in [0.1, 0.15) is 0 Å². The highest BCUT2D eigenvalue weighted by Crippen LogP contribution is 2.18. The Kier molecular flexibility index (Phi) is 4.76. The second kappa shape index (κ2) is 6.55. The number of para-hydroxylation sites is 1. The lowest BCUT2D eigenvalue weighted by Gasteiger charge is -2.21. The van der Waals surface area contributed by atoms with Crippen molar-refractivity contribution in [1.29, 1.82) is 0 Å². The number of nitrogens with one attached hydrogen (secondary N) is 1. The molecule has 0 radical (unpaired) electrons. The molecule has 0 aromatic heterocycles. The SMILES string of the molecule is CCN(C(=O)CCC1CCNC1)c1ccccc1. The van der Waals surface area contributed by atoms with Gasteiger partial charge in [-0.2, -0.15) is 0 Å². The van der Waals surface area contributed by atoms with E-state index in [4.69, 9.17) is 0 Å². The Balaban J connectivity index is 1.89. The van der Waals surface area contributed by atoms with E-state index < -0.39 is 0 Å². The topological polar surface area (TPSA) is 32.3 Å². The highest BCUT2D eigenvalue weighted by atomic mass is 16.2. The molecule has 0 spiro atoms. The number of nitrogens with zero attached hydrogens (tertiary/aromatic N) is 1. The van der Waals surface area contributed by atoms with Gasteiger partial charge >= 0.3 is 0 Å². The average Bonchev–Trinajstić information content (AvgIpc) is 2.92. The molecule has 3 heteroatoms. The number of benzene rings is 1. The van der Waals surface area contributed by atoms with Gasteiger partial charge in [-0.3, -0.25) is 4.79 Å². The minimum Gasteiger partial charge on any atom is -0.316 e. The van der Waals surface area contributed by atoms with Gasteiger partial charge in [0.05, 0.1) is 0 Å². The van der Waals surface area contributed by atoms with Gasteiger partial charge < -0.3 is 10.2 Å². The maximum absolute atomic E-state index is 12.2. The molecule has 18 heavy (non-hydrogen) atoms. The summed E-state index contributed by atoms with van der Waals surface area (Å²) in [5.41, 5.74) is 1.01. The molecular formula is C15H22N2O. The van der Waals surface area contributed by atoms with E-state index in [0.29, 0.717) is 12.3 Å². The summed E-state index contributed by atoms with van der Waals surface area (Å²) in [6.45, 7) is 4.95. The molecule has 1 aromatic carbocycles. The first-order valence-corrected chi connectivity index (χ1v) is 6.87. The van der Waals surface area contributed by atoms with E-state index in [1.165, 1.54) is 6.42 Å². The number of amides is 1. The first-order chi connectivity index (χ1) is 8.81. The molecule has 1 N–H and O–H groups in total. The normalized spacial score (nSPS) is 18.8. The van der Waals surface area contributed by atoms with Crippen LogP contribution in [0.4, 0.5) is 5.69 Å². The molecule has 0 bridgehead atoms. The zero-order chi connectivity index (χ0) is 12.8. The van der Waals surface area contributed by atoms with Crippen molar-refractivity contribution in [1.82, 2.24) is 5.32 Å². The van der Waals surface area contributed by atoms with Crippen molar-refractivity contribution < 1.29 is 4.79 Å². The smallest absolute Gasteiger partial charge is 0.226 e. The van der Waals surface area contributed by atoms with Crippen LogP contribution in [0, 0.1) is 5.92 Å². The summed E-state index contributed by atoms with van der Waals surface area (Å²) in [5.74, 6) is 0.930. The maximum atomic E-state index is 12.2. The molecule has 1 amide bonds. The number of anilines is 1. The highest BCUT2D eigenvalue weighted by Gasteiger charge is 2.18. The van der Waals surface area contributed by atoms with Gasteiger partial charge in [-0.1, -0.05) is 18.2 Å². The lowest BCUT2D eigenvalue weighted by atomic mass is 10.0. The predicted octanol–water partition coefficient (Wildman–Crippen LogP) is 2.43. The quantitative estimate of drug-likeness (QED) is 0.865. The molecule has 1 saturated heterocycles. The van der Waals surface area contributed by atoms with E-state index in [1.54, 1.807) is 0 Å². The molecule has 1 aliphatic heterocycles. The third-order valence-electron chi connectivity index (χ3n) is 3.61. The summed E-state index contributed by atoms with van der Waals surface area (Å²) in [6.07, 6.45) is 2.88. The third-order valence-corrected chi connectivity index (χ3v) is 3.61. The summed E-state index contributed by atoms with van der Waals surface area (Å²) in [5, 5.41) is 3.35. The number of rotatable bonds is 5. The predicted molar refractivity (Wildman–Crippen MR) is 74.7 cm³/mol. The van der Waals surface area contributed by atoms with Crippen LogP contribution in [0.3, 0.4) is 0 Å². The fourth-order valence-electron chi connectivity index (χ4n) is 2.53. The molecule has 1 fully saturated rings. The molecule has 1 atom stereocenters. The van der Waals surface area contributed by atoms with Crippen molar-refractivity contribution >= 4 is 11.6 Å². The number of carbonyl (C=O) groups excluding carboxylic acids is 1. The molecule has 1 heterocycles. The van der Waals surface area contributed by atoms with Gasteiger partial charge in [0.2, 0.25) is 5.91 Å². The summed E-state index contributed by atoms with van der Waals surface area (Å²) in [4.78, 5) is 14.1. The first-order valence-electron chi connectivity index (χ1n) is 6.87. The van der Waals surface area contributed by atoms with Crippen LogP contribution in [0.1, 0.15) is 26.2 Å². The van der Waals surface area contributed by atoms with Crippen LogP contribution >= 0.6 is 0 Å². The Bertz CT molecular complexity index is 371. The van der Waals surface area contributed by atoms with Crippen molar-refractivity contribution in [2.24, 2.45) is 5.92 Å². The fourth-order valence-corrected chi connectivity index (χ4v) is 2.53. The molecular weight excluding hydrogens is 224 g/mol. The Labute approximate surface area is 109 Å². The minimum absolute atomic E-state index is 0.246. The molecule has 1 aromatic rings. The Morgan fingerprint density at radius 3 is 2.78 bits per heavy atom. The van der Waals surface area contributed by atoms with Crippen molar-refractivity contribution in [3.8, 4) is 0 Å². The molecule has 98 valence electrons. The van der Waals surface area contributed by atoms with E-state index >= 15 is 0 Å². The lowest BCUT2D eigenvalue weighted by Crippen LogP contribution is -2.30. The second-order valence-corrected chi connectivity index (χ2v) is 4.87. The van der Waals surface area contributed by atoms with Gasteiger partial charge in [0.15, 0.2) is 0 Å². The van der Waals surface area contributed by atoms with Crippen LogP contribution in [0.5, 0.6) is 0 Å². The first kappa shape index (κ1) is 13.1. The second-order valence-electron chi connectivity index (χ2n) is 4.87. The average molecular weight is 246 g/mol. The molecule has 1 aliphatic rings. The van der Waals surface area contributed by atoms with Crippen LogP contribution < -0.4 is 10.2 Å².